The first-order chi connectivity index (χ1) is 29.0. The maximum absolute atomic E-state index is 10.4. The summed E-state index contributed by atoms with van der Waals surface area (Å²) >= 11 is 0. The first-order valence-corrected chi connectivity index (χ1v) is 27.0. The molecule has 0 radical (unpaired) electrons. The Labute approximate surface area is 410 Å². The lowest BCUT2D eigenvalue weighted by molar-refractivity contribution is 0.463. The molecule has 0 N–H and O–H groups in total. The molecule has 5 heteroatoms. The van der Waals surface area contributed by atoms with Gasteiger partial charge in [0.05, 0.1) is 4.90 Å². The first-order valence-electron chi connectivity index (χ1n) is 24.4. The van der Waals surface area contributed by atoms with Crippen molar-refractivity contribution in [1.82, 2.24) is 0 Å². The molecular weight excluding hydrogens is 845 g/mol. The number of rotatable bonds is 4. The first kappa shape index (κ1) is 57.5. The van der Waals surface area contributed by atoms with Crippen molar-refractivity contribution in [2.75, 3.05) is 0 Å². The summed E-state index contributed by atoms with van der Waals surface area (Å²) in [5.41, 5.74) is 13.7. The quantitative estimate of drug-likeness (QED) is 0.151. The molecule has 4 aromatic rings. The van der Waals surface area contributed by atoms with Crippen LogP contribution in [-0.4, -0.2) is 13.0 Å². The van der Waals surface area contributed by atoms with Crippen molar-refractivity contribution in [2.45, 2.75) is 262 Å². The second-order valence-electron chi connectivity index (χ2n) is 28.5. The highest BCUT2D eigenvalue weighted by Gasteiger charge is 2.50. The summed E-state index contributed by atoms with van der Waals surface area (Å²) in [6.07, 6.45) is 0. The number of aryl methyl sites for hydroxylation is 1. The molecule has 0 aromatic heterocycles. The number of hydrogen-bond acceptors (Lipinski definition) is 3. The van der Waals surface area contributed by atoms with E-state index in [2.05, 4.69) is 223 Å². The molecule has 4 rings (SSSR count). The lowest BCUT2D eigenvalue weighted by Crippen LogP contribution is -2.33. The van der Waals surface area contributed by atoms with Gasteiger partial charge in [0.15, 0.2) is 14.7 Å². The molecule has 3 nitrogen and oxygen atoms in total. The van der Waals surface area contributed by atoms with Gasteiger partial charge in [-0.25, -0.2) is 8.42 Å². The molecule has 0 unspecified atom stereocenters. The largest absolute Gasteiger partial charge is 0.744 e. The van der Waals surface area contributed by atoms with Gasteiger partial charge in [0, 0.05) is 33.4 Å². The van der Waals surface area contributed by atoms with E-state index in [1.165, 1.54) is 62.2 Å². The molecule has 0 saturated carbocycles. The van der Waals surface area contributed by atoms with Gasteiger partial charge < -0.3 is 4.55 Å². The van der Waals surface area contributed by atoms with Crippen molar-refractivity contribution >= 4 is 21.0 Å². The topological polar surface area (TPSA) is 57.2 Å². The van der Waals surface area contributed by atoms with Crippen molar-refractivity contribution in [1.29, 1.82) is 0 Å². The Hall–Kier alpha value is -2.86. The fraction of sp³-hybridized carbons (Fsp3) is 0.607. The molecule has 0 aliphatic heterocycles. The minimum Gasteiger partial charge on any atom is -0.744 e. The van der Waals surface area contributed by atoms with Crippen LogP contribution in [0.15, 0.2) is 80.2 Å². The van der Waals surface area contributed by atoms with Gasteiger partial charge in [-0.2, -0.15) is 0 Å². The van der Waals surface area contributed by atoms with Crippen LogP contribution in [0.5, 0.6) is 0 Å². The fourth-order valence-electron chi connectivity index (χ4n) is 8.20. The van der Waals surface area contributed by atoms with E-state index in [0.29, 0.717) is 0 Å². The third-order valence-corrected chi connectivity index (χ3v) is 16.0. The highest BCUT2D eigenvalue weighted by Crippen LogP contribution is 2.54. The summed E-state index contributed by atoms with van der Waals surface area (Å²) in [5.74, 6) is 0. The number of hydrogen-bond donors (Lipinski definition) is 0. The van der Waals surface area contributed by atoms with Crippen LogP contribution in [-0.2, 0) is 69.7 Å². The van der Waals surface area contributed by atoms with E-state index in [1.807, 2.05) is 6.92 Å². The molecule has 0 heterocycles. The van der Waals surface area contributed by atoms with Gasteiger partial charge in [-0.05, 0) is 121 Å². The Morgan fingerprint density at radius 2 is 0.515 bits per heavy atom. The molecule has 0 bridgehead atoms. The average molecular weight is 940 g/mol. The zero-order valence-corrected chi connectivity index (χ0v) is 48.9. The van der Waals surface area contributed by atoms with Crippen molar-refractivity contribution in [3.8, 4) is 0 Å². The summed E-state index contributed by atoms with van der Waals surface area (Å²) in [5, 5.41) is 0. The van der Waals surface area contributed by atoms with Crippen molar-refractivity contribution in [3.05, 3.63) is 116 Å². The van der Waals surface area contributed by atoms with E-state index in [9.17, 15) is 13.0 Å². The van der Waals surface area contributed by atoms with E-state index in [4.69, 9.17) is 0 Å². The molecular formula is C61H94O3S2. The zero-order chi connectivity index (χ0) is 51.7. The van der Waals surface area contributed by atoms with Crippen molar-refractivity contribution in [3.63, 3.8) is 0 Å². The van der Waals surface area contributed by atoms with Crippen LogP contribution in [0.25, 0.3) is 0 Å². The van der Waals surface area contributed by atoms with Crippen LogP contribution in [0.2, 0.25) is 0 Å². The van der Waals surface area contributed by atoms with Gasteiger partial charge in [-0.3, -0.25) is 0 Å². The Morgan fingerprint density at radius 3 is 0.652 bits per heavy atom. The summed E-state index contributed by atoms with van der Waals surface area (Å²) in [7, 11) is -4.74. The normalized spacial score (nSPS) is 14.1. The molecule has 0 atom stereocenters. The lowest BCUT2D eigenvalue weighted by Gasteiger charge is -2.38. The van der Waals surface area contributed by atoms with Crippen LogP contribution < -0.4 is 0 Å². The molecule has 368 valence electrons. The monoisotopic (exact) mass is 939 g/mol. The van der Waals surface area contributed by atoms with Crippen LogP contribution in [0, 0.1) is 6.92 Å². The standard InChI is InChI=1S/C54H87S.C7H8O3S/c1-46(2,3)34-28-37(49(10,11)12)43(38(29-34)50(13,14)15)55(44-39(51(16,17)18)30-35(47(4,5)6)31-40(44)52(19,20)21)45-41(53(22,23)24)32-36(48(7,8)9)33-42(45)54(25,26)27;1-6-2-4-7(5-3-6)11(8,9)10/h28-33H,1-27H3;2-5H,1H3,(H,8,9,10)/q+1;/p-1. The van der Waals surface area contributed by atoms with Gasteiger partial charge >= 0.3 is 0 Å². The Balaban J connectivity index is 0.000000915. The number of benzene rings is 4. The molecule has 0 aliphatic carbocycles. The van der Waals surface area contributed by atoms with Crippen molar-refractivity contribution < 1.29 is 13.0 Å². The van der Waals surface area contributed by atoms with E-state index >= 15 is 0 Å². The fourth-order valence-corrected chi connectivity index (χ4v) is 12.8. The molecule has 0 amide bonds. The van der Waals surface area contributed by atoms with Crippen LogP contribution >= 0.6 is 0 Å². The van der Waals surface area contributed by atoms with Gasteiger partial charge in [-0.15, -0.1) is 0 Å². The minimum absolute atomic E-state index is 0.0140. The average Bonchev–Trinajstić information content (AvgIpc) is 3.07. The highest BCUT2D eigenvalue weighted by atomic mass is 32.2. The Morgan fingerprint density at radius 1 is 0.333 bits per heavy atom. The summed E-state index contributed by atoms with van der Waals surface area (Å²) in [4.78, 5) is 4.47. The zero-order valence-electron chi connectivity index (χ0n) is 47.3. The van der Waals surface area contributed by atoms with Crippen LogP contribution in [0.3, 0.4) is 0 Å². The van der Waals surface area contributed by atoms with Crippen LogP contribution in [0.1, 0.15) is 243 Å². The van der Waals surface area contributed by atoms with E-state index < -0.39 is 21.0 Å². The van der Waals surface area contributed by atoms with Gasteiger partial charge in [0.2, 0.25) is 0 Å². The van der Waals surface area contributed by atoms with E-state index in [0.717, 1.165) is 5.56 Å². The minimum atomic E-state index is -4.27. The molecule has 66 heavy (non-hydrogen) atoms. The van der Waals surface area contributed by atoms with Crippen molar-refractivity contribution in [2.24, 2.45) is 0 Å². The van der Waals surface area contributed by atoms with Crippen LogP contribution in [0.4, 0.5) is 0 Å². The molecule has 0 saturated heterocycles. The second-order valence-corrected chi connectivity index (χ2v) is 31.7. The summed E-state index contributed by atoms with van der Waals surface area (Å²) in [6.45, 7) is 67.6. The van der Waals surface area contributed by atoms with Gasteiger partial charge in [-0.1, -0.05) is 205 Å². The van der Waals surface area contributed by atoms with Gasteiger partial charge in [0.1, 0.15) is 21.0 Å². The molecule has 0 aliphatic rings. The smallest absolute Gasteiger partial charge is 0.174 e. The molecule has 4 aromatic carbocycles. The second kappa shape index (κ2) is 18.5. The van der Waals surface area contributed by atoms with Gasteiger partial charge in [0.25, 0.3) is 0 Å². The third kappa shape index (κ3) is 13.7. The Kier molecular flexibility index (Phi) is 16.1. The summed E-state index contributed by atoms with van der Waals surface area (Å²) < 4.78 is 31.2. The molecule has 0 spiro atoms. The predicted molar refractivity (Wildman–Crippen MR) is 289 cm³/mol. The van der Waals surface area contributed by atoms with E-state index in [-0.39, 0.29) is 53.6 Å². The highest BCUT2D eigenvalue weighted by molar-refractivity contribution is 7.97. The summed E-state index contributed by atoms with van der Waals surface area (Å²) in [6, 6.07) is 21.5. The lowest BCUT2D eigenvalue weighted by atomic mass is 9.75. The maximum atomic E-state index is 10.4. The molecule has 0 fully saturated rings. The SMILES string of the molecule is CC(C)(C)c1cc(C(C)(C)C)c([S+](c2c(C(C)(C)C)cc(C(C)(C)C)cc2C(C)(C)C)c2c(C(C)(C)C)cc(C(C)(C)C)cc2C(C)(C)C)c(C(C)(C)C)c1.Cc1ccc(S(=O)(=O)[O-])cc1. The Bertz CT molecular complexity index is 2140. The van der Waals surface area contributed by atoms with E-state index in [1.54, 1.807) is 26.8 Å². The maximum Gasteiger partial charge on any atom is 0.174 e. The third-order valence-electron chi connectivity index (χ3n) is 12.6. The predicted octanol–water partition coefficient (Wildman–Crippen LogP) is 17.4.